The maximum Gasteiger partial charge on any atom is 0.233 e. The van der Waals surface area contributed by atoms with Gasteiger partial charge < -0.3 is 10.4 Å². The van der Waals surface area contributed by atoms with Gasteiger partial charge in [-0.05, 0) is 44.0 Å². The molecule has 1 unspecified atom stereocenters. The van der Waals surface area contributed by atoms with Gasteiger partial charge in [0.25, 0.3) is 0 Å². The van der Waals surface area contributed by atoms with E-state index in [1.54, 1.807) is 0 Å². The van der Waals surface area contributed by atoms with Crippen LogP contribution in [0.3, 0.4) is 0 Å². The fraction of sp³-hybridized carbons (Fsp3) is 0.562. The monoisotopic (exact) mass is 327 g/mol. The Hall–Kier alpha value is -0.710. The average Bonchev–Trinajstić information content (AvgIpc) is 2.50. The zero-order valence-electron chi connectivity index (χ0n) is 12.3. The third kappa shape index (κ3) is 4.63. The Morgan fingerprint density at radius 3 is 2.52 bits per heavy atom. The van der Waals surface area contributed by atoms with Crippen LogP contribution in [0.4, 0.5) is 0 Å². The van der Waals surface area contributed by atoms with Gasteiger partial charge in [-0.25, -0.2) is 0 Å². The van der Waals surface area contributed by atoms with Crippen LogP contribution in [0.1, 0.15) is 39.0 Å². The van der Waals surface area contributed by atoms with Crippen molar-refractivity contribution in [1.82, 2.24) is 5.32 Å². The number of thioether (sulfide) groups is 1. The van der Waals surface area contributed by atoms with Crippen molar-refractivity contribution < 1.29 is 9.90 Å². The first-order valence-corrected chi connectivity index (χ1v) is 8.65. The highest BCUT2D eigenvalue weighted by Gasteiger charge is 2.34. The summed E-state index contributed by atoms with van der Waals surface area (Å²) in [6, 6.07) is 7.48. The molecule has 0 aromatic heterocycles. The van der Waals surface area contributed by atoms with E-state index in [0.29, 0.717) is 5.02 Å². The highest BCUT2D eigenvalue weighted by atomic mass is 35.5. The summed E-state index contributed by atoms with van der Waals surface area (Å²) < 4.78 is 0. The number of nitrogens with one attached hydrogen (secondary N) is 1. The molecular weight excluding hydrogens is 306 g/mol. The lowest BCUT2D eigenvalue weighted by molar-refractivity contribution is -0.123. The van der Waals surface area contributed by atoms with Gasteiger partial charge in [-0.15, -0.1) is 11.8 Å². The smallest absolute Gasteiger partial charge is 0.233 e. The molecule has 5 heteroatoms. The highest BCUT2D eigenvalue weighted by molar-refractivity contribution is 8.00. The molecule has 1 saturated carbocycles. The summed E-state index contributed by atoms with van der Waals surface area (Å²) in [6.45, 7) is 1.92. The first kappa shape index (κ1) is 16.7. The van der Waals surface area contributed by atoms with E-state index in [9.17, 15) is 9.90 Å². The van der Waals surface area contributed by atoms with Gasteiger partial charge >= 0.3 is 0 Å². The van der Waals surface area contributed by atoms with Gasteiger partial charge in [0.15, 0.2) is 0 Å². The van der Waals surface area contributed by atoms with Crippen LogP contribution in [-0.2, 0) is 4.79 Å². The van der Waals surface area contributed by atoms with E-state index in [4.69, 9.17) is 11.6 Å². The minimum Gasteiger partial charge on any atom is -0.394 e. The van der Waals surface area contributed by atoms with Crippen molar-refractivity contribution in [2.75, 3.05) is 6.61 Å². The lowest BCUT2D eigenvalue weighted by Crippen LogP contribution is -2.54. The van der Waals surface area contributed by atoms with Gasteiger partial charge in [0.2, 0.25) is 5.91 Å². The van der Waals surface area contributed by atoms with Crippen LogP contribution in [0.25, 0.3) is 0 Å². The molecule has 116 valence electrons. The third-order valence-electron chi connectivity index (χ3n) is 4.00. The normalized spacial score (nSPS) is 19.0. The summed E-state index contributed by atoms with van der Waals surface area (Å²) in [5.74, 6) is -0.00843. The van der Waals surface area contributed by atoms with E-state index in [0.717, 1.165) is 30.6 Å². The molecule has 0 bridgehead atoms. The van der Waals surface area contributed by atoms with Crippen LogP contribution in [0.15, 0.2) is 29.2 Å². The maximum absolute atomic E-state index is 12.4. The van der Waals surface area contributed by atoms with Crippen LogP contribution < -0.4 is 5.32 Å². The van der Waals surface area contributed by atoms with Crippen molar-refractivity contribution in [3.8, 4) is 0 Å². The molecule has 0 spiro atoms. The van der Waals surface area contributed by atoms with Crippen LogP contribution in [-0.4, -0.2) is 28.4 Å². The topological polar surface area (TPSA) is 49.3 Å². The van der Waals surface area contributed by atoms with Crippen LogP contribution >= 0.6 is 23.4 Å². The molecule has 0 heterocycles. The van der Waals surface area contributed by atoms with Crippen LogP contribution in [0.2, 0.25) is 5.02 Å². The molecule has 0 radical (unpaired) electrons. The van der Waals surface area contributed by atoms with Crippen molar-refractivity contribution >= 4 is 29.3 Å². The summed E-state index contributed by atoms with van der Waals surface area (Å²) in [7, 11) is 0. The molecule has 3 nitrogen and oxygen atoms in total. The molecule has 1 aliphatic carbocycles. The SMILES string of the molecule is CC(Sc1ccc(Cl)cc1)C(=O)NC1(CO)CCCCC1. The number of hydrogen-bond acceptors (Lipinski definition) is 3. The molecule has 21 heavy (non-hydrogen) atoms. The minimum absolute atomic E-state index is 0.00843. The number of aliphatic hydroxyl groups excluding tert-OH is 1. The molecule has 1 aromatic rings. The Kier molecular flexibility index (Phi) is 5.97. The van der Waals surface area contributed by atoms with E-state index >= 15 is 0 Å². The van der Waals surface area contributed by atoms with Gasteiger partial charge in [-0.3, -0.25) is 4.79 Å². The van der Waals surface area contributed by atoms with Crippen LogP contribution in [0.5, 0.6) is 0 Å². The standard InChI is InChI=1S/C16H22ClNO2S/c1-12(21-14-7-5-13(17)6-8-14)15(20)18-16(11-19)9-3-2-4-10-16/h5-8,12,19H,2-4,9-11H2,1H3,(H,18,20). The van der Waals surface area contributed by atoms with E-state index in [-0.39, 0.29) is 17.8 Å². The molecular formula is C16H22ClNO2S. The first-order chi connectivity index (χ1) is 10.0. The van der Waals surface area contributed by atoms with Crippen molar-refractivity contribution in [3.63, 3.8) is 0 Å². The average molecular weight is 328 g/mol. The molecule has 1 aromatic carbocycles. The number of amides is 1. The molecule has 1 amide bonds. The fourth-order valence-corrected chi connectivity index (χ4v) is 3.68. The minimum atomic E-state index is -0.413. The Morgan fingerprint density at radius 1 is 1.33 bits per heavy atom. The molecule has 2 N–H and O–H groups in total. The number of aliphatic hydroxyl groups is 1. The number of hydrogen-bond donors (Lipinski definition) is 2. The first-order valence-electron chi connectivity index (χ1n) is 7.40. The Bertz CT molecular complexity index is 472. The van der Waals surface area contributed by atoms with Crippen molar-refractivity contribution in [3.05, 3.63) is 29.3 Å². The zero-order valence-corrected chi connectivity index (χ0v) is 13.8. The summed E-state index contributed by atoms with van der Waals surface area (Å²) in [6.07, 6.45) is 5.06. The predicted molar refractivity (Wildman–Crippen MR) is 87.8 cm³/mol. The maximum atomic E-state index is 12.4. The van der Waals surface area contributed by atoms with Gasteiger partial charge in [-0.2, -0.15) is 0 Å². The molecule has 0 aliphatic heterocycles. The lowest BCUT2D eigenvalue weighted by atomic mass is 9.82. The Morgan fingerprint density at radius 2 is 1.95 bits per heavy atom. The van der Waals surface area contributed by atoms with Crippen molar-refractivity contribution in [1.29, 1.82) is 0 Å². The van der Waals surface area contributed by atoms with Gasteiger partial charge in [0, 0.05) is 9.92 Å². The van der Waals surface area contributed by atoms with Gasteiger partial charge in [0.1, 0.15) is 0 Å². The number of benzene rings is 1. The van der Waals surface area contributed by atoms with Gasteiger partial charge in [-0.1, -0.05) is 30.9 Å². The number of rotatable bonds is 5. The summed E-state index contributed by atoms with van der Waals surface area (Å²) in [4.78, 5) is 13.4. The van der Waals surface area contributed by atoms with E-state index in [1.165, 1.54) is 18.2 Å². The second kappa shape index (κ2) is 7.52. The zero-order chi connectivity index (χ0) is 15.3. The van der Waals surface area contributed by atoms with Crippen molar-refractivity contribution in [2.45, 2.75) is 54.7 Å². The number of halogens is 1. The summed E-state index contributed by atoms with van der Waals surface area (Å²) in [5, 5.41) is 13.2. The second-order valence-electron chi connectivity index (χ2n) is 5.70. The Labute approximate surface area is 135 Å². The number of carbonyl (C=O) groups excluding carboxylic acids is 1. The third-order valence-corrected chi connectivity index (χ3v) is 5.36. The molecule has 1 atom stereocenters. The van der Waals surface area contributed by atoms with Crippen LogP contribution in [0, 0.1) is 0 Å². The van der Waals surface area contributed by atoms with Crippen molar-refractivity contribution in [2.24, 2.45) is 0 Å². The summed E-state index contributed by atoms with van der Waals surface area (Å²) >= 11 is 7.37. The van der Waals surface area contributed by atoms with E-state index in [1.807, 2.05) is 31.2 Å². The second-order valence-corrected chi connectivity index (χ2v) is 7.55. The molecule has 2 rings (SSSR count). The quantitative estimate of drug-likeness (QED) is 0.812. The molecule has 0 saturated heterocycles. The molecule has 1 aliphatic rings. The van der Waals surface area contributed by atoms with E-state index in [2.05, 4.69) is 5.32 Å². The highest BCUT2D eigenvalue weighted by Crippen LogP contribution is 2.29. The number of carbonyl (C=O) groups is 1. The Balaban J connectivity index is 1.93. The van der Waals surface area contributed by atoms with Gasteiger partial charge in [0.05, 0.1) is 17.4 Å². The van der Waals surface area contributed by atoms with E-state index < -0.39 is 5.54 Å². The molecule has 1 fully saturated rings. The fourth-order valence-electron chi connectivity index (χ4n) is 2.68. The largest absolute Gasteiger partial charge is 0.394 e. The lowest BCUT2D eigenvalue weighted by Gasteiger charge is -2.37. The predicted octanol–water partition coefficient (Wildman–Crippen LogP) is 3.63. The summed E-state index contributed by atoms with van der Waals surface area (Å²) in [5.41, 5.74) is -0.413.